The first-order chi connectivity index (χ1) is 11.1. The number of hydrogen-bond donors (Lipinski definition) is 1. The van der Waals surface area contributed by atoms with Gasteiger partial charge in [0, 0.05) is 31.7 Å². The van der Waals surface area contributed by atoms with Gasteiger partial charge in [-0.3, -0.25) is 4.79 Å². The van der Waals surface area contributed by atoms with E-state index >= 15 is 0 Å². The molecular weight excluding hydrogens is 308 g/mol. The van der Waals surface area contributed by atoms with Crippen LogP contribution in [0.25, 0.3) is 0 Å². The Kier molecular flexibility index (Phi) is 4.76. The Balaban J connectivity index is 1.51. The van der Waals surface area contributed by atoms with E-state index in [9.17, 15) is 4.79 Å². The Labute approximate surface area is 141 Å². The topological polar surface area (TPSA) is 66.7 Å². The van der Waals surface area contributed by atoms with E-state index in [4.69, 9.17) is 6.42 Å². The second kappa shape index (κ2) is 6.79. The Bertz CT molecular complexity index is 646. The molecule has 0 saturated heterocycles. The molecule has 0 aromatic carbocycles. The number of carbonyl (C=O) groups is 1. The van der Waals surface area contributed by atoms with Crippen LogP contribution in [-0.2, 0) is 0 Å². The third-order valence-electron chi connectivity index (χ3n) is 4.59. The average Bonchev–Trinajstić information content (AvgIpc) is 2.96. The number of hydrogen-bond acceptors (Lipinski definition) is 5. The maximum Gasteiger partial charge on any atom is 0.263 e. The Morgan fingerprint density at radius 1 is 1.39 bits per heavy atom. The zero-order valence-corrected chi connectivity index (χ0v) is 14.3. The van der Waals surface area contributed by atoms with Crippen molar-refractivity contribution in [2.24, 2.45) is 10.2 Å². The predicted octanol–water partition coefficient (Wildman–Crippen LogP) is 3.80. The lowest BCUT2D eigenvalue weighted by atomic mass is 10.0. The standard InChI is InChI=1S/C17H22N4OS/c1-3-4-9-17(20-21-17)10-11-18-15(22)14-12(2)19-16(23-14)13-7-5-6-8-13/h1,13H,4-11H2,2H3,(H,18,22). The summed E-state index contributed by atoms with van der Waals surface area (Å²) in [7, 11) is 0. The summed E-state index contributed by atoms with van der Waals surface area (Å²) >= 11 is 1.56. The molecule has 3 rings (SSSR count). The molecule has 23 heavy (non-hydrogen) atoms. The van der Waals surface area contributed by atoms with Crippen molar-refractivity contribution >= 4 is 17.2 Å². The quantitative estimate of drug-likeness (QED) is 0.773. The van der Waals surface area contributed by atoms with Gasteiger partial charge in [-0.25, -0.2) is 4.98 Å². The molecule has 1 aliphatic carbocycles. The number of amides is 1. The molecule has 0 atom stereocenters. The van der Waals surface area contributed by atoms with Crippen LogP contribution < -0.4 is 5.32 Å². The summed E-state index contributed by atoms with van der Waals surface area (Å²) in [6, 6.07) is 0. The highest BCUT2D eigenvalue weighted by Gasteiger charge is 2.38. The second-order valence-corrected chi connectivity index (χ2v) is 7.37. The molecule has 1 amide bonds. The summed E-state index contributed by atoms with van der Waals surface area (Å²) in [5.74, 6) is 3.13. The summed E-state index contributed by atoms with van der Waals surface area (Å²) in [5.41, 5.74) is 0.509. The molecule has 6 heteroatoms. The van der Waals surface area contributed by atoms with Crippen LogP contribution in [0.2, 0.25) is 0 Å². The lowest BCUT2D eigenvalue weighted by molar-refractivity contribution is 0.0955. The Hall–Kier alpha value is -1.74. The van der Waals surface area contributed by atoms with Crippen LogP contribution in [-0.4, -0.2) is 23.1 Å². The third-order valence-corrected chi connectivity index (χ3v) is 5.91. The second-order valence-electron chi connectivity index (χ2n) is 6.34. The van der Waals surface area contributed by atoms with E-state index in [0.717, 1.165) is 22.0 Å². The largest absolute Gasteiger partial charge is 0.351 e. The minimum atomic E-state index is -0.336. The molecule has 0 bridgehead atoms. The summed E-state index contributed by atoms with van der Waals surface area (Å²) in [6.07, 6.45) is 12.4. The van der Waals surface area contributed by atoms with Crippen molar-refractivity contribution in [1.82, 2.24) is 10.3 Å². The monoisotopic (exact) mass is 330 g/mol. The van der Waals surface area contributed by atoms with Crippen molar-refractivity contribution in [3.8, 4) is 12.3 Å². The van der Waals surface area contributed by atoms with Crippen molar-refractivity contribution in [1.29, 1.82) is 0 Å². The van der Waals surface area contributed by atoms with Gasteiger partial charge in [0.05, 0.1) is 10.7 Å². The lowest BCUT2D eigenvalue weighted by Crippen LogP contribution is -2.28. The molecule has 1 fully saturated rings. The predicted molar refractivity (Wildman–Crippen MR) is 90.7 cm³/mol. The molecule has 5 nitrogen and oxygen atoms in total. The smallest absolute Gasteiger partial charge is 0.263 e. The average molecular weight is 330 g/mol. The molecule has 1 aromatic rings. The van der Waals surface area contributed by atoms with Gasteiger partial charge < -0.3 is 5.32 Å². The van der Waals surface area contributed by atoms with Crippen molar-refractivity contribution < 1.29 is 4.79 Å². The number of nitrogens with one attached hydrogen (secondary N) is 1. The zero-order chi connectivity index (χ0) is 16.3. The molecular formula is C17H22N4OS. The zero-order valence-electron chi connectivity index (χ0n) is 13.5. The van der Waals surface area contributed by atoms with Crippen LogP contribution in [0.15, 0.2) is 10.2 Å². The van der Waals surface area contributed by atoms with E-state index in [1.807, 2.05) is 6.92 Å². The molecule has 0 spiro atoms. The Morgan fingerprint density at radius 3 is 2.78 bits per heavy atom. The van der Waals surface area contributed by atoms with Gasteiger partial charge in [0.1, 0.15) is 4.88 Å². The molecule has 0 radical (unpaired) electrons. The van der Waals surface area contributed by atoms with E-state index in [2.05, 4.69) is 26.4 Å². The van der Waals surface area contributed by atoms with Gasteiger partial charge >= 0.3 is 0 Å². The van der Waals surface area contributed by atoms with E-state index < -0.39 is 0 Å². The number of aryl methyl sites for hydroxylation is 1. The van der Waals surface area contributed by atoms with Crippen LogP contribution in [0.4, 0.5) is 0 Å². The SMILES string of the molecule is C#CCCC1(CCNC(=O)c2sc(C3CCCC3)nc2C)N=N1. The van der Waals surface area contributed by atoms with Crippen LogP contribution in [0.1, 0.15) is 71.2 Å². The van der Waals surface area contributed by atoms with Crippen LogP contribution >= 0.6 is 11.3 Å². The summed E-state index contributed by atoms with van der Waals surface area (Å²) < 4.78 is 0. The minimum absolute atomic E-state index is 0.0306. The van der Waals surface area contributed by atoms with Gasteiger partial charge in [0.25, 0.3) is 5.91 Å². The van der Waals surface area contributed by atoms with Gasteiger partial charge in [0.15, 0.2) is 5.66 Å². The van der Waals surface area contributed by atoms with Crippen molar-refractivity contribution in [2.45, 2.75) is 63.5 Å². The van der Waals surface area contributed by atoms with Gasteiger partial charge in [-0.1, -0.05) is 12.8 Å². The summed E-state index contributed by atoms with van der Waals surface area (Å²) in [4.78, 5) is 17.7. The minimum Gasteiger partial charge on any atom is -0.351 e. The first-order valence-electron chi connectivity index (χ1n) is 8.26. The number of terminal acetylenes is 1. The van der Waals surface area contributed by atoms with Crippen LogP contribution in [0, 0.1) is 19.3 Å². The first kappa shape index (κ1) is 16.1. The molecule has 122 valence electrons. The fraction of sp³-hybridized carbons (Fsp3) is 0.647. The van der Waals surface area contributed by atoms with Crippen LogP contribution in [0.5, 0.6) is 0 Å². The van der Waals surface area contributed by atoms with E-state index in [0.29, 0.717) is 25.3 Å². The molecule has 0 unspecified atom stereocenters. The van der Waals surface area contributed by atoms with E-state index in [1.165, 1.54) is 25.7 Å². The maximum absolute atomic E-state index is 12.4. The van der Waals surface area contributed by atoms with Gasteiger partial charge in [-0.2, -0.15) is 10.2 Å². The maximum atomic E-state index is 12.4. The highest BCUT2D eigenvalue weighted by molar-refractivity contribution is 7.13. The van der Waals surface area contributed by atoms with Gasteiger partial charge in [-0.15, -0.1) is 23.7 Å². The summed E-state index contributed by atoms with van der Waals surface area (Å²) in [5, 5.41) is 12.3. The van der Waals surface area contributed by atoms with Crippen molar-refractivity contribution in [2.75, 3.05) is 6.54 Å². The molecule has 1 aromatic heterocycles. The van der Waals surface area contributed by atoms with E-state index in [-0.39, 0.29) is 11.6 Å². The lowest BCUT2D eigenvalue weighted by Gasteiger charge is -2.09. The fourth-order valence-electron chi connectivity index (χ4n) is 3.10. The normalized spacial score (nSPS) is 18.8. The Morgan fingerprint density at radius 2 is 2.13 bits per heavy atom. The number of thiazole rings is 1. The summed E-state index contributed by atoms with van der Waals surface area (Å²) in [6.45, 7) is 2.48. The number of carbonyl (C=O) groups excluding carboxylic acids is 1. The van der Waals surface area contributed by atoms with Crippen LogP contribution in [0.3, 0.4) is 0 Å². The molecule has 2 aliphatic rings. The number of aromatic nitrogens is 1. The third kappa shape index (κ3) is 3.78. The number of rotatable bonds is 7. The van der Waals surface area contributed by atoms with E-state index in [1.54, 1.807) is 11.3 Å². The highest BCUT2D eigenvalue weighted by Crippen LogP contribution is 2.37. The molecule has 1 saturated carbocycles. The highest BCUT2D eigenvalue weighted by atomic mass is 32.1. The molecule has 1 aliphatic heterocycles. The van der Waals surface area contributed by atoms with Gasteiger partial charge in [0.2, 0.25) is 0 Å². The fourth-order valence-corrected chi connectivity index (χ4v) is 4.25. The van der Waals surface area contributed by atoms with Gasteiger partial charge in [-0.05, 0) is 19.8 Å². The number of nitrogens with zero attached hydrogens (tertiary/aromatic N) is 3. The van der Waals surface area contributed by atoms with Crippen molar-refractivity contribution in [3.05, 3.63) is 15.6 Å². The first-order valence-corrected chi connectivity index (χ1v) is 9.08. The molecule has 1 N–H and O–H groups in total. The van der Waals surface area contributed by atoms with Crippen molar-refractivity contribution in [3.63, 3.8) is 0 Å². The molecule has 2 heterocycles.